The van der Waals surface area contributed by atoms with E-state index in [0.29, 0.717) is 18.0 Å². The number of carbonyl (C=O) groups excluding carboxylic acids is 2. The summed E-state index contributed by atoms with van der Waals surface area (Å²) in [4.78, 5) is 24.1. The molecule has 2 aromatic carbocycles. The number of hydrogen-bond acceptors (Lipinski definition) is 4. The van der Waals surface area contributed by atoms with Crippen LogP contribution in [-0.4, -0.2) is 30.2 Å². The molecule has 0 unspecified atom stereocenters. The van der Waals surface area contributed by atoms with Gasteiger partial charge in [-0.05, 0) is 37.3 Å². The molecule has 3 rings (SSSR count). The Hall–Kier alpha value is -3.28. The number of rotatable bonds is 7. The van der Waals surface area contributed by atoms with Gasteiger partial charge in [-0.15, -0.1) is 0 Å². The molecule has 0 aliphatic rings. The van der Waals surface area contributed by atoms with Gasteiger partial charge in [0.05, 0.1) is 20.1 Å². The first-order chi connectivity index (χ1) is 13.1. The zero-order valence-electron chi connectivity index (χ0n) is 15.4. The van der Waals surface area contributed by atoms with Crippen LogP contribution in [0.1, 0.15) is 12.5 Å². The van der Waals surface area contributed by atoms with Crippen molar-refractivity contribution < 1.29 is 19.1 Å². The number of methoxy groups -OCH3 is 1. The zero-order valence-corrected chi connectivity index (χ0v) is 15.4. The van der Waals surface area contributed by atoms with Crippen LogP contribution in [0.15, 0.2) is 54.7 Å². The summed E-state index contributed by atoms with van der Waals surface area (Å²) < 4.78 is 12.1. The van der Waals surface area contributed by atoms with E-state index in [1.807, 2.05) is 59.3 Å². The van der Waals surface area contributed by atoms with Gasteiger partial charge in [0.25, 0.3) is 0 Å². The van der Waals surface area contributed by atoms with Crippen LogP contribution in [0.4, 0.5) is 5.69 Å². The number of aromatic nitrogens is 1. The first-order valence-corrected chi connectivity index (χ1v) is 8.77. The molecular weight excluding hydrogens is 344 g/mol. The largest absolute Gasteiger partial charge is 0.496 e. The molecule has 27 heavy (non-hydrogen) atoms. The van der Waals surface area contributed by atoms with Crippen LogP contribution in [0.3, 0.4) is 0 Å². The van der Waals surface area contributed by atoms with Gasteiger partial charge in [-0.2, -0.15) is 0 Å². The molecule has 140 valence electrons. The number of benzene rings is 2. The number of fused-ring (bicyclic) bond motifs is 1. The van der Waals surface area contributed by atoms with Crippen LogP contribution in [0, 0.1) is 0 Å². The normalized spacial score (nSPS) is 10.6. The number of anilines is 1. The monoisotopic (exact) mass is 366 g/mol. The summed E-state index contributed by atoms with van der Waals surface area (Å²) in [6.07, 6.45) is 2.06. The van der Waals surface area contributed by atoms with Gasteiger partial charge in [-0.1, -0.05) is 18.2 Å². The average Bonchev–Trinajstić information content (AvgIpc) is 3.04. The molecule has 6 nitrogen and oxygen atoms in total. The molecule has 0 saturated heterocycles. The molecule has 1 amide bonds. The Morgan fingerprint density at radius 3 is 2.70 bits per heavy atom. The number of nitrogens with one attached hydrogen (secondary N) is 1. The number of hydrogen-bond donors (Lipinski definition) is 1. The summed E-state index contributed by atoms with van der Waals surface area (Å²) in [6.45, 7) is 2.31. The Morgan fingerprint density at radius 1 is 1.11 bits per heavy atom. The standard InChI is InChI=1S/C21H22N2O4/c1-3-27-21(25)14-23-11-10-15-12-17(8-9-18(15)23)22-20(24)13-16-6-4-5-7-19(16)26-2/h4-12H,3,13-14H2,1-2H3,(H,22,24). The van der Waals surface area contributed by atoms with Crippen molar-refractivity contribution in [1.29, 1.82) is 0 Å². The highest BCUT2D eigenvalue weighted by Gasteiger charge is 2.11. The van der Waals surface area contributed by atoms with Crippen molar-refractivity contribution in [3.63, 3.8) is 0 Å². The van der Waals surface area contributed by atoms with Gasteiger partial charge in [0.1, 0.15) is 12.3 Å². The van der Waals surface area contributed by atoms with Crippen LogP contribution in [0.2, 0.25) is 0 Å². The van der Waals surface area contributed by atoms with E-state index in [1.165, 1.54) is 0 Å². The van der Waals surface area contributed by atoms with Crippen molar-refractivity contribution in [3.8, 4) is 5.75 Å². The maximum atomic E-state index is 12.4. The van der Waals surface area contributed by atoms with Crippen LogP contribution in [0.5, 0.6) is 5.75 Å². The molecular formula is C21H22N2O4. The third-order valence-electron chi connectivity index (χ3n) is 4.20. The van der Waals surface area contributed by atoms with E-state index in [-0.39, 0.29) is 24.8 Å². The molecule has 1 N–H and O–H groups in total. The van der Waals surface area contributed by atoms with E-state index in [2.05, 4.69) is 5.32 Å². The molecule has 0 spiro atoms. The molecule has 3 aromatic rings. The van der Waals surface area contributed by atoms with Gasteiger partial charge in [0.2, 0.25) is 5.91 Å². The molecule has 0 radical (unpaired) electrons. The molecule has 1 aromatic heterocycles. The molecule has 0 saturated carbocycles. The number of carbonyl (C=O) groups is 2. The fraction of sp³-hybridized carbons (Fsp3) is 0.238. The van der Waals surface area contributed by atoms with Gasteiger partial charge in [0.15, 0.2) is 0 Å². The fourth-order valence-electron chi connectivity index (χ4n) is 2.99. The van der Waals surface area contributed by atoms with Gasteiger partial charge in [-0.3, -0.25) is 9.59 Å². The topological polar surface area (TPSA) is 69.6 Å². The third kappa shape index (κ3) is 4.47. The smallest absolute Gasteiger partial charge is 0.325 e. The van der Waals surface area contributed by atoms with Crippen LogP contribution >= 0.6 is 0 Å². The fourth-order valence-corrected chi connectivity index (χ4v) is 2.99. The lowest BCUT2D eigenvalue weighted by Crippen LogP contribution is -2.15. The average molecular weight is 366 g/mol. The highest BCUT2D eigenvalue weighted by Crippen LogP contribution is 2.22. The third-order valence-corrected chi connectivity index (χ3v) is 4.20. The number of para-hydroxylation sites is 1. The predicted molar refractivity (Wildman–Crippen MR) is 104 cm³/mol. The molecule has 0 aliphatic heterocycles. The summed E-state index contributed by atoms with van der Waals surface area (Å²) in [5.41, 5.74) is 2.45. The minimum absolute atomic E-state index is 0.121. The Morgan fingerprint density at radius 2 is 1.93 bits per heavy atom. The Bertz CT molecular complexity index is 962. The predicted octanol–water partition coefficient (Wildman–Crippen LogP) is 3.39. The zero-order chi connectivity index (χ0) is 19.2. The number of amides is 1. The van der Waals surface area contributed by atoms with Crippen LogP contribution in [0.25, 0.3) is 10.9 Å². The van der Waals surface area contributed by atoms with E-state index in [0.717, 1.165) is 16.5 Å². The minimum Gasteiger partial charge on any atom is -0.496 e. The van der Waals surface area contributed by atoms with Gasteiger partial charge < -0.3 is 19.4 Å². The Kier molecular flexibility index (Phi) is 5.76. The van der Waals surface area contributed by atoms with E-state index in [1.54, 1.807) is 14.0 Å². The lowest BCUT2D eigenvalue weighted by Gasteiger charge is -2.09. The second kappa shape index (κ2) is 8.40. The second-order valence-corrected chi connectivity index (χ2v) is 6.06. The summed E-state index contributed by atoms with van der Waals surface area (Å²) in [5.74, 6) is 0.299. The lowest BCUT2D eigenvalue weighted by atomic mass is 10.1. The van der Waals surface area contributed by atoms with Crippen LogP contribution in [-0.2, 0) is 27.3 Å². The van der Waals surface area contributed by atoms with Gasteiger partial charge in [-0.25, -0.2) is 0 Å². The molecule has 6 heteroatoms. The Labute approximate surface area is 157 Å². The number of nitrogens with zero attached hydrogens (tertiary/aromatic N) is 1. The Balaban J connectivity index is 1.70. The first-order valence-electron chi connectivity index (χ1n) is 8.77. The summed E-state index contributed by atoms with van der Waals surface area (Å²) in [6, 6.07) is 15.0. The second-order valence-electron chi connectivity index (χ2n) is 6.06. The van der Waals surface area contributed by atoms with Gasteiger partial charge in [0, 0.05) is 28.4 Å². The molecule has 0 atom stereocenters. The minimum atomic E-state index is -0.274. The molecule has 1 heterocycles. The lowest BCUT2D eigenvalue weighted by molar-refractivity contribution is -0.143. The maximum absolute atomic E-state index is 12.4. The number of ether oxygens (including phenoxy) is 2. The highest BCUT2D eigenvalue weighted by atomic mass is 16.5. The van der Waals surface area contributed by atoms with E-state index in [9.17, 15) is 9.59 Å². The summed E-state index contributed by atoms with van der Waals surface area (Å²) >= 11 is 0. The quantitative estimate of drug-likeness (QED) is 0.651. The SMILES string of the molecule is CCOC(=O)Cn1ccc2cc(NC(=O)Cc3ccccc3OC)ccc21. The maximum Gasteiger partial charge on any atom is 0.325 e. The molecule has 0 bridgehead atoms. The summed E-state index contributed by atoms with van der Waals surface area (Å²) in [7, 11) is 1.59. The van der Waals surface area contributed by atoms with Crippen LogP contribution < -0.4 is 10.1 Å². The van der Waals surface area contributed by atoms with E-state index < -0.39 is 0 Å². The first kappa shape index (κ1) is 18.5. The van der Waals surface area contributed by atoms with Crippen molar-refractivity contribution in [1.82, 2.24) is 4.57 Å². The highest BCUT2D eigenvalue weighted by molar-refractivity contribution is 5.95. The van der Waals surface area contributed by atoms with E-state index >= 15 is 0 Å². The van der Waals surface area contributed by atoms with Crippen molar-refractivity contribution in [3.05, 3.63) is 60.3 Å². The van der Waals surface area contributed by atoms with Gasteiger partial charge >= 0.3 is 5.97 Å². The number of esters is 1. The van der Waals surface area contributed by atoms with Crippen molar-refractivity contribution in [2.45, 2.75) is 19.9 Å². The van der Waals surface area contributed by atoms with Crippen molar-refractivity contribution >= 4 is 28.5 Å². The van der Waals surface area contributed by atoms with Crippen molar-refractivity contribution in [2.75, 3.05) is 19.0 Å². The molecule has 0 aliphatic carbocycles. The van der Waals surface area contributed by atoms with Crippen molar-refractivity contribution in [2.24, 2.45) is 0 Å². The van der Waals surface area contributed by atoms with E-state index in [4.69, 9.17) is 9.47 Å². The summed E-state index contributed by atoms with van der Waals surface area (Å²) in [5, 5.41) is 3.85. The molecule has 0 fully saturated rings.